The Morgan fingerprint density at radius 3 is 2.74 bits per heavy atom. The van der Waals surface area contributed by atoms with E-state index in [4.69, 9.17) is 16.3 Å². The molecule has 0 unspecified atom stereocenters. The smallest absolute Gasteiger partial charge is 0.346 e. The van der Waals surface area contributed by atoms with E-state index in [0.29, 0.717) is 22.0 Å². The standard InChI is InChI=1S/C16H18ClN5O4S/c1-9(11-7-10(17)5-6-12(11)26-4)18-19-13(23)8-27-14-15(24)21(2)16(25)22(3)20-14/h5-7H,8H2,1-4H3,(H,19,23)/b18-9-. The topological polar surface area (TPSA) is 108 Å². The average molecular weight is 412 g/mol. The van der Waals surface area contributed by atoms with Crippen molar-refractivity contribution < 1.29 is 9.53 Å². The van der Waals surface area contributed by atoms with Gasteiger partial charge in [-0.2, -0.15) is 10.2 Å². The maximum absolute atomic E-state index is 12.0. The molecular formula is C16H18ClN5O4S. The number of rotatable bonds is 6. The van der Waals surface area contributed by atoms with Gasteiger partial charge in [0.15, 0.2) is 5.03 Å². The zero-order chi connectivity index (χ0) is 20.1. The van der Waals surface area contributed by atoms with Crippen molar-refractivity contribution in [3.63, 3.8) is 0 Å². The van der Waals surface area contributed by atoms with Crippen molar-refractivity contribution in [2.24, 2.45) is 19.2 Å². The number of thioether (sulfide) groups is 1. The summed E-state index contributed by atoms with van der Waals surface area (Å²) in [6, 6.07) is 5.07. The lowest BCUT2D eigenvalue weighted by Gasteiger charge is -2.09. The van der Waals surface area contributed by atoms with E-state index in [-0.39, 0.29) is 10.8 Å². The molecule has 0 bridgehead atoms. The van der Waals surface area contributed by atoms with Crippen molar-refractivity contribution >= 4 is 35.0 Å². The molecule has 0 saturated carbocycles. The molecule has 2 rings (SSSR count). The second-order valence-corrected chi connectivity index (χ2v) is 6.84. The number of hydrazone groups is 1. The van der Waals surface area contributed by atoms with Gasteiger partial charge >= 0.3 is 5.69 Å². The number of benzene rings is 1. The molecule has 1 heterocycles. The molecule has 0 spiro atoms. The first kappa shape index (κ1) is 20.7. The summed E-state index contributed by atoms with van der Waals surface area (Å²) in [7, 11) is 4.30. The highest BCUT2D eigenvalue weighted by Crippen LogP contribution is 2.23. The number of halogens is 1. The maximum atomic E-state index is 12.0. The Hall–Kier alpha value is -2.59. The number of amides is 1. The van der Waals surface area contributed by atoms with Gasteiger partial charge in [-0.05, 0) is 25.1 Å². The molecule has 0 aliphatic heterocycles. The highest BCUT2D eigenvalue weighted by atomic mass is 35.5. The van der Waals surface area contributed by atoms with Crippen LogP contribution in [0.3, 0.4) is 0 Å². The second kappa shape index (κ2) is 8.87. The monoisotopic (exact) mass is 411 g/mol. The van der Waals surface area contributed by atoms with E-state index in [0.717, 1.165) is 21.0 Å². The lowest BCUT2D eigenvalue weighted by molar-refractivity contribution is -0.118. The Morgan fingerprint density at radius 1 is 1.37 bits per heavy atom. The van der Waals surface area contributed by atoms with Crippen LogP contribution in [0, 0.1) is 0 Å². The molecule has 27 heavy (non-hydrogen) atoms. The fourth-order valence-corrected chi connectivity index (χ4v) is 3.04. The zero-order valence-corrected chi connectivity index (χ0v) is 16.7. The highest BCUT2D eigenvalue weighted by Gasteiger charge is 2.12. The summed E-state index contributed by atoms with van der Waals surface area (Å²) in [6.45, 7) is 1.70. The van der Waals surface area contributed by atoms with Crippen molar-refractivity contribution in [3.05, 3.63) is 49.6 Å². The summed E-state index contributed by atoms with van der Waals surface area (Å²) < 4.78 is 7.22. The summed E-state index contributed by atoms with van der Waals surface area (Å²) in [6.07, 6.45) is 0. The van der Waals surface area contributed by atoms with E-state index >= 15 is 0 Å². The Bertz CT molecular complexity index is 1010. The van der Waals surface area contributed by atoms with Crippen LogP contribution in [0.15, 0.2) is 37.9 Å². The minimum Gasteiger partial charge on any atom is -0.496 e. The van der Waals surface area contributed by atoms with Gasteiger partial charge in [-0.25, -0.2) is 14.9 Å². The molecule has 144 valence electrons. The molecule has 11 heteroatoms. The van der Waals surface area contributed by atoms with Gasteiger partial charge in [0.05, 0.1) is 18.6 Å². The quantitative estimate of drug-likeness (QED) is 0.427. The Kier molecular flexibility index (Phi) is 6.81. The van der Waals surface area contributed by atoms with Crippen LogP contribution in [-0.2, 0) is 18.9 Å². The van der Waals surface area contributed by atoms with Gasteiger partial charge in [0.1, 0.15) is 5.75 Å². The number of nitrogens with one attached hydrogen (secondary N) is 1. The minimum atomic E-state index is -0.556. The van der Waals surface area contributed by atoms with E-state index in [1.54, 1.807) is 25.1 Å². The fraction of sp³-hybridized carbons (Fsp3) is 0.312. The molecule has 1 amide bonds. The van der Waals surface area contributed by atoms with Crippen LogP contribution < -0.4 is 21.4 Å². The number of nitrogens with zero attached hydrogens (tertiary/aromatic N) is 4. The van der Waals surface area contributed by atoms with Gasteiger partial charge in [-0.15, -0.1) is 0 Å². The second-order valence-electron chi connectivity index (χ2n) is 5.44. The first-order valence-electron chi connectivity index (χ1n) is 7.68. The highest BCUT2D eigenvalue weighted by molar-refractivity contribution is 7.99. The van der Waals surface area contributed by atoms with Gasteiger partial charge in [-0.3, -0.25) is 14.2 Å². The number of aryl methyl sites for hydroxylation is 1. The Balaban J connectivity index is 2.07. The normalized spacial score (nSPS) is 11.4. The summed E-state index contributed by atoms with van der Waals surface area (Å²) in [4.78, 5) is 35.6. The predicted octanol–water partition coefficient (Wildman–Crippen LogP) is 0.773. The first-order valence-corrected chi connectivity index (χ1v) is 9.05. The zero-order valence-electron chi connectivity index (χ0n) is 15.1. The molecule has 1 aromatic carbocycles. The first-order chi connectivity index (χ1) is 12.7. The predicted molar refractivity (Wildman–Crippen MR) is 104 cm³/mol. The van der Waals surface area contributed by atoms with E-state index in [1.807, 2.05) is 0 Å². The van der Waals surface area contributed by atoms with Crippen LogP contribution >= 0.6 is 23.4 Å². The Morgan fingerprint density at radius 2 is 2.07 bits per heavy atom. The van der Waals surface area contributed by atoms with Crippen molar-refractivity contribution in [1.82, 2.24) is 19.8 Å². The lowest BCUT2D eigenvalue weighted by Crippen LogP contribution is -2.39. The summed E-state index contributed by atoms with van der Waals surface area (Å²) in [5.41, 5.74) is 2.46. The number of carbonyl (C=O) groups is 1. The van der Waals surface area contributed by atoms with Crippen molar-refractivity contribution in [2.45, 2.75) is 11.9 Å². The molecule has 0 aliphatic rings. The molecule has 0 saturated heterocycles. The maximum Gasteiger partial charge on any atom is 0.346 e. The molecule has 0 atom stereocenters. The fourth-order valence-electron chi connectivity index (χ4n) is 2.10. The largest absolute Gasteiger partial charge is 0.496 e. The van der Waals surface area contributed by atoms with Gasteiger partial charge in [0.2, 0.25) is 5.91 Å². The van der Waals surface area contributed by atoms with Crippen molar-refractivity contribution in [1.29, 1.82) is 0 Å². The molecule has 9 nitrogen and oxygen atoms in total. The van der Waals surface area contributed by atoms with Crippen molar-refractivity contribution in [3.8, 4) is 5.75 Å². The van der Waals surface area contributed by atoms with Crippen LogP contribution in [-0.4, -0.2) is 38.8 Å². The molecule has 0 aliphatic carbocycles. The summed E-state index contributed by atoms with van der Waals surface area (Å²) in [5, 5.41) is 8.46. The number of methoxy groups -OCH3 is 1. The van der Waals surface area contributed by atoms with E-state index in [1.165, 1.54) is 21.2 Å². The summed E-state index contributed by atoms with van der Waals surface area (Å²) >= 11 is 6.90. The van der Waals surface area contributed by atoms with Gasteiger partial charge in [0.25, 0.3) is 5.56 Å². The minimum absolute atomic E-state index is 0.0481. The number of hydrogen-bond acceptors (Lipinski definition) is 7. The van der Waals surface area contributed by atoms with Crippen molar-refractivity contribution in [2.75, 3.05) is 12.9 Å². The Labute approximate surface area is 164 Å². The lowest BCUT2D eigenvalue weighted by atomic mass is 10.1. The SMILES string of the molecule is COc1ccc(Cl)cc1/C(C)=N\NC(=O)CSc1nn(C)c(=O)n(C)c1=O. The van der Waals surface area contributed by atoms with Crippen LogP contribution in [0.25, 0.3) is 0 Å². The van der Waals surface area contributed by atoms with Gasteiger partial charge < -0.3 is 4.74 Å². The molecule has 0 radical (unpaired) electrons. The average Bonchev–Trinajstić information content (AvgIpc) is 2.66. The van der Waals surface area contributed by atoms with E-state index < -0.39 is 17.2 Å². The van der Waals surface area contributed by atoms with Crippen LogP contribution in [0.5, 0.6) is 5.75 Å². The number of ether oxygens (including phenoxy) is 1. The van der Waals surface area contributed by atoms with E-state index in [9.17, 15) is 14.4 Å². The number of carbonyl (C=O) groups excluding carboxylic acids is 1. The van der Waals surface area contributed by atoms with E-state index in [2.05, 4.69) is 15.6 Å². The summed E-state index contributed by atoms with van der Waals surface area (Å²) in [5.74, 6) is 0.0457. The third-order valence-corrected chi connectivity index (χ3v) is 4.70. The number of hydrogen-bond donors (Lipinski definition) is 1. The van der Waals surface area contributed by atoms with Crippen LogP contribution in [0.4, 0.5) is 0 Å². The third-order valence-electron chi connectivity index (χ3n) is 3.53. The molecule has 1 aromatic heterocycles. The van der Waals surface area contributed by atoms with Gasteiger partial charge in [-0.1, -0.05) is 23.4 Å². The van der Waals surface area contributed by atoms with Crippen LogP contribution in [0.2, 0.25) is 5.02 Å². The molecule has 1 N–H and O–H groups in total. The molecular weight excluding hydrogens is 394 g/mol. The molecule has 0 fully saturated rings. The van der Waals surface area contributed by atoms with Crippen LogP contribution in [0.1, 0.15) is 12.5 Å². The third kappa shape index (κ3) is 4.98. The van der Waals surface area contributed by atoms with Gasteiger partial charge in [0, 0.05) is 24.7 Å². The molecule has 2 aromatic rings. The number of aromatic nitrogens is 3.